The summed E-state index contributed by atoms with van der Waals surface area (Å²) >= 11 is 0.995. The first kappa shape index (κ1) is 14.6. The number of aromatic nitrogens is 4. The molecule has 0 spiro atoms. The first-order valence-electron chi connectivity index (χ1n) is 6.33. The Balaban J connectivity index is 2.09. The number of aliphatic carboxylic acids is 1. The molecule has 108 valence electrons. The SMILES string of the molecule is CCCCn1nc(-c2nnc(SCC(=O)O)o2)cc1C. The minimum Gasteiger partial charge on any atom is -0.481 e. The minimum absolute atomic E-state index is 0.106. The molecule has 0 aliphatic rings. The van der Waals surface area contributed by atoms with Crippen molar-refractivity contribution >= 4 is 17.7 Å². The predicted octanol–water partition coefficient (Wildman–Crippen LogP) is 2.22. The third kappa shape index (κ3) is 3.60. The largest absolute Gasteiger partial charge is 0.481 e. The second-order valence-corrected chi connectivity index (χ2v) is 5.23. The van der Waals surface area contributed by atoms with Crippen LogP contribution in [0.5, 0.6) is 0 Å². The van der Waals surface area contributed by atoms with Crippen LogP contribution in [-0.2, 0) is 11.3 Å². The Morgan fingerprint density at radius 2 is 2.30 bits per heavy atom. The standard InChI is InChI=1S/C12H16N4O3S/c1-3-4-5-16-8(2)6-9(15-16)11-13-14-12(19-11)20-7-10(17)18/h6H,3-5,7H2,1-2H3,(H,17,18). The van der Waals surface area contributed by atoms with Crippen LogP contribution in [0.1, 0.15) is 25.5 Å². The number of carboxylic acid groups (broad SMARTS) is 1. The number of thioether (sulfide) groups is 1. The Morgan fingerprint density at radius 3 is 3.00 bits per heavy atom. The van der Waals surface area contributed by atoms with E-state index in [9.17, 15) is 4.79 Å². The lowest BCUT2D eigenvalue weighted by Crippen LogP contribution is -2.01. The van der Waals surface area contributed by atoms with E-state index >= 15 is 0 Å². The van der Waals surface area contributed by atoms with Gasteiger partial charge in [0, 0.05) is 12.2 Å². The highest BCUT2D eigenvalue weighted by molar-refractivity contribution is 7.99. The van der Waals surface area contributed by atoms with E-state index in [4.69, 9.17) is 9.52 Å². The Labute approximate surface area is 120 Å². The van der Waals surface area contributed by atoms with E-state index in [0.717, 1.165) is 36.8 Å². The van der Waals surface area contributed by atoms with Gasteiger partial charge in [0.2, 0.25) is 0 Å². The third-order valence-electron chi connectivity index (χ3n) is 2.65. The maximum absolute atomic E-state index is 10.5. The molecule has 0 aliphatic heterocycles. The molecule has 0 aliphatic carbocycles. The molecular formula is C12H16N4O3S. The highest BCUT2D eigenvalue weighted by Gasteiger charge is 2.14. The van der Waals surface area contributed by atoms with Crippen molar-refractivity contribution in [1.82, 2.24) is 20.0 Å². The highest BCUT2D eigenvalue weighted by atomic mass is 32.2. The third-order valence-corrected chi connectivity index (χ3v) is 3.45. The van der Waals surface area contributed by atoms with E-state index in [-0.39, 0.29) is 11.0 Å². The Kier molecular flexibility index (Phi) is 4.78. The molecule has 1 N–H and O–H groups in total. The monoisotopic (exact) mass is 296 g/mol. The second kappa shape index (κ2) is 6.56. The first-order valence-corrected chi connectivity index (χ1v) is 7.31. The molecule has 2 rings (SSSR count). The molecule has 0 atom stereocenters. The fraction of sp³-hybridized carbons (Fsp3) is 0.500. The molecule has 0 bridgehead atoms. The normalized spacial score (nSPS) is 10.9. The summed E-state index contributed by atoms with van der Waals surface area (Å²) in [6, 6.07) is 1.88. The van der Waals surface area contributed by atoms with Gasteiger partial charge in [0.25, 0.3) is 11.1 Å². The van der Waals surface area contributed by atoms with Crippen LogP contribution in [0.15, 0.2) is 15.7 Å². The number of nitrogens with zero attached hydrogens (tertiary/aromatic N) is 4. The zero-order valence-corrected chi connectivity index (χ0v) is 12.2. The summed E-state index contributed by atoms with van der Waals surface area (Å²) in [7, 11) is 0. The molecule has 2 aromatic heterocycles. The van der Waals surface area contributed by atoms with Gasteiger partial charge < -0.3 is 9.52 Å². The average Bonchev–Trinajstić information content (AvgIpc) is 3.00. The summed E-state index contributed by atoms with van der Waals surface area (Å²) in [5, 5.41) is 20.9. The van der Waals surface area contributed by atoms with E-state index in [1.807, 2.05) is 17.7 Å². The van der Waals surface area contributed by atoms with Crippen molar-refractivity contribution in [3.8, 4) is 11.6 Å². The summed E-state index contributed by atoms with van der Waals surface area (Å²) in [6.45, 7) is 4.96. The van der Waals surface area contributed by atoms with E-state index in [1.165, 1.54) is 0 Å². The van der Waals surface area contributed by atoms with Crippen molar-refractivity contribution in [3.63, 3.8) is 0 Å². The molecule has 0 fully saturated rings. The Hall–Kier alpha value is -1.83. The minimum atomic E-state index is -0.922. The zero-order chi connectivity index (χ0) is 14.5. The van der Waals surface area contributed by atoms with Gasteiger partial charge in [-0.15, -0.1) is 10.2 Å². The van der Waals surface area contributed by atoms with Crippen LogP contribution in [0.3, 0.4) is 0 Å². The van der Waals surface area contributed by atoms with Gasteiger partial charge in [-0.25, -0.2) is 0 Å². The van der Waals surface area contributed by atoms with Crippen LogP contribution >= 0.6 is 11.8 Å². The lowest BCUT2D eigenvalue weighted by Gasteiger charge is -2.01. The van der Waals surface area contributed by atoms with Crippen molar-refractivity contribution in [1.29, 1.82) is 0 Å². The van der Waals surface area contributed by atoms with Crippen LogP contribution in [0.4, 0.5) is 0 Å². The summed E-state index contributed by atoms with van der Waals surface area (Å²) in [4.78, 5) is 10.5. The molecule has 0 radical (unpaired) electrons. The molecule has 0 saturated carbocycles. The number of hydrogen-bond donors (Lipinski definition) is 1. The summed E-state index contributed by atoms with van der Waals surface area (Å²) in [6.07, 6.45) is 2.16. The second-order valence-electron chi connectivity index (χ2n) is 4.30. The van der Waals surface area contributed by atoms with E-state index in [2.05, 4.69) is 22.2 Å². The molecule has 0 saturated heterocycles. The van der Waals surface area contributed by atoms with Crippen LogP contribution in [0.25, 0.3) is 11.6 Å². The maximum atomic E-state index is 10.5. The smallest absolute Gasteiger partial charge is 0.314 e. The molecule has 0 amide bonds. The Morgan fingerprint density at radius 1 is 1.50 bits per heavy atom. The summed E-state index contributed by atoms with van der Waals surface area (Å²) in [5.41, 5.74) is 1.65. The number of carbonyl (C=O) groups is 1. The number of unbranched alkanes of at least 4 members (excludes halogenated alkanes) is 1. The molecular weight excluding hydrogens is 280 g/mol. The van der Waals surface area contributed by atoms with Gasteiger partial charge in [0.1, 0.15) is 11.4 Å². The first-order chi connectivity index (χ1) is 9.60. The molecule has 7 nitrogen and oxygen atoms in total. The topological polar surface area (TPSA) is 94.0 Å². The predicted molar refractivity (Wildman–Crippen MR) is 73.5 cm³/mol. The van der Waals surface area contributed by atoms with Crippen LogP contribution in [0, 0.1) is 6.92 Å². The van der Waals surface area contributed by atoms with Gasteiger partial charge in [0.05, 0.1) is 0 Å². The van der Waals surface area contributed by atoms with Crippen molar-refractivity contribution in [2.45, 2.75) is 38.5 Å². The quantitative estimate of drug-likeness (QED) is 0.783. The summed E-state index contributed by atoms with van der Waals surface area (Å²) in [5.74, 6) is -0.711. The average molecular weight is 296 g/mol. The Bertz CT molecular complexity index is 593. The summed E-state index contributed by atoms with van der Waals surface area (Å²) < 4.78 is 7.30. The van der Waals surface area contributed by atoms with Crippen LogP contribution < -0.4 is 0 Å². The number of aryl methyl sites for hydroxylation is 2. The fourth-order valence-electron chi connectivity index (χ4n) is 1.64. The van der Waals surface area contributed by atoms with Gasteiger partial charge in [-0.3, -0.25) is 9.48 Å². The molecule has 20 heavy (non-hydrogen) atoms. The maximum Gasteiger partial charge on any atom is 0.314 e. The molecule has 2 heterocycles. The lowest BCUT2D eigenvalue weighted by molar-refractivity contribution is -0.133. The van der Waals surface area contributed by atoms with Crippen molar-refractivity contribution in [2.75, 3.05) is 5.75 Å². The van der Waals surface area contributed by atoms with Crippen molar-refractivity contribution in [2.24, 2.45) is 0 Å². The van der Waals surface area contributed by atoms with Gasteiger partial charge in [0.15, 0.2) is 0 Å². The highest BCUT2D eigenvalue weighted by Crippen LogP contribution is 2.22. The zero-order valence-electron chi connectivity index (χ0n) is 11.4. The van der Waals surface area contributed by atoms with Gasteiger partial charge in [-0.1, -0.05) is 25.1 Å². The van der Waals surface area contributed by atoms with E-state index in [1.54, 1.807) is 0 Å². The molecule has 8 heteroatoms. The van der Waals surface area contributed by atoms with Crippen LogP contribution in [-0.4, -0.2) is 36.8 Å². The lowest BCUT2D eigenvalue weighted by atomic mass is 10.3. The number of rotatable bonds is 7. The van der Waals surface area contributed by atoms with Crippen molar-refractivity contribution < 1.29 is 14.3 Å². The van der Waals surface area contributed by atoms with Crippen LogP contribution in [0.2, 0.25) is 0 Å². The van der Waals surface area contributed by atoms with E-state index in [0.29, 0.717) is 11.6 Å². The number of carboxylic acids is 1. The molecule has 0 unspecified atom stereocenters. The van der Waals surface area contributed by atoms with Crippen molar-refractivity contribution in [3.05, 3.63) is 11.8 Å². The molecule has 2 aromatic rings. The molecule has 0 aromatic carbocycles. The van der Waals surface area contributed by atoms with E-state index < -0.39 is 5.97 Å². The fourth-order valence-corrected chi connectivity index (χ4v) is 2.13. The number of hydrogen-bond acceptors (Lipinski definition) is 6. The van der Waals surface area contributed by atoms with Gasteiger partial charge >= 0.3 is 5.97 Å². The van der Waals surface area contributed by atoms with Gasteiger partial charge in [-0.2, -0.15) is 5.10 Å². The van der Waals surface area contributed by atoms with Gasteiger partial charge in [-0.05, 0) is 19.4 Å².